The summed E-state index contributed by atoms with van der Waals surface area (Å²) < 4.78 is 5.22. The lowest BCUT2D eigenvalue weighted by atomic mass is 10.2. The van der Waals surface area contributed by atoms with Crippen molar-refractivity contribution in [2.24, 2.45) is 0 Å². The Morgan fingerprint density at radius 1 is 1.11 bits per heavy atom. The van der Waals surface area contributed by atoms with Crippen molar-refractivity contribution < 1.29 is 4.74 Å². The molecule has 0 fully saturated rings. The van der Waals surface area contributed by atoms with E-state index >= 15 is 0 Å². The van der Waals surface area contributed by atoms with Crippen molar-refractivity contribution in [2.75, 3.05) is 23.9 Å². The van der Waals surface area contributed by atoms with E-state index in [1.165, 1.54) is 0 Å². The van der Waals surface area contributed by atoms with E-state index in [0.29, 0.717) is 11.4 Å². The van der Waals surface area contributed by atoms with E-state index < -0.39 is 0 Å². The highest BCUT2D eigenvalue weighted by molar-refractivity contribution is 7.99. The molecule has 1 heterocycles. The first kappa shape index (κ1) is 11.1. The quantitative estimate of drug-likeness (QED) is 0.586. The van der Waals surface area contributed by atoms with Gasteiger partial charge in [0.25, 0.3) is 0 Å². The molecular weight excluding hydrogens is 246 g/mol. The second-order valence-electron chi connectivity index (χ2n) is 4.07. The van der Waals surface area contributed by atoms with Gasteiger partial charge in [0, 0.05) is 21.5 Å². The van der Waals surface area contributed by atoms with Crippen LogP contribution in [0.15, 0.2) is 40.1 Å². The number of fused-ring (bicyclic) bond motifs is 2. The molecule has 0 aromatic heterocycles. The molecule has 0 spiro atoms. The van der Waals surface area contributed by atoms with E-state index in [1.807, 2.05) is 24.3 Å². The summed E-state index contributed by atoms with van der Waals surface area (Å²) in [5.74, 6) is 0.819. The fourth-order valence-electron chi connectivity index (χ4n) is 1.95. The van der Waals surface area contributed by atoms with Crippen molar-refractivity contribution in [1.29, 1.82) is 0 Å². The van der Waals surface area contributed by atoms with Crippen LogP contribution < -0.4 is 21.5 Å². The molecule has 0 aliphatic carbocycles. The molecule has 0 amide bonds. The number of nitrogens with one attached hydrogen (secondary N) is 1. The molecule has 0 atom stereocenters. The van der Waals surface area contributed by atoms with Crippen LogP contribution >= 0.6 is 11.8 Å². The highest BCUT2D eigenvalue weighted by atomic mass is 32.2. The van der Waals surface area contributed by atoms with Gasteiger partial charge in [-0.15, -0.1) is 0 Å². The number of hydrogen-bond donors (Lipinski definition) is 3. The Balaban J connectivity index is 2.09. The standard InChI is InChI=1S/C13H13N3OS/c1-17-8-2-3-11-10(6-8)16-13-9(15)4-7(14)5-12(13)18-11/h2-6,16H,14-15H2,1H3. The fourth-order valence-corrected chi connectivity index (χ4v) is 3.01. The SMILES string of the molecule is COc1ccc2c(c1)Nc1c(N)cc(N)cc1S2. The van der Waals surface area contributed by atoms with Crippen LogP contribution in [-0.2, 0) is 0 Å². The minimum absolute atomic E-state index is 0.658. The Hall–Kier alpha value is -2.01. The second kappa shape index (κ2) is 4.03. The number of hydrogen-bond acceptors (Lipinski definition) is 5. The van der Waals surface area contributed by atoms with Crippen molar-refractivity contribution in [3.05, 3.63) is 30.3 Å². The number of nitrogen functional groups attached to an aromatic ring is 2. The molecule has 5 heteroatoms. The molecule has 3 rings (SSSR count). The maximum absolute atomic E-state index is 5.98. The summed E-state index contributed by atoms with van der Waals surface area (Å²) in [6.45, 7) is 0. The normalized spacial score (nSPS) is 12.3. The minimum atomic E-state index is 0.658. The Labute approximate surface area is 109 Å². The summed E-state index contributed by atoms with van der Waals surface area (Å²) in [7, 11) is 1.65. The summed E-state index contributed by atoms with van der Waals surface area (Å²) in [6.07, 6.45) is 0. The lowest BCUT2D eigenvalue weighted by Gasteiger charge is -2.23. The van der Waals surface area contributed by atoms with Gasteiger partial charge in [-0.05, 0) is 24.3 Å². The highest BCUT2D eigenvalue weighted by Gasteiger charge is 2.18. The summed E-state index contributed by atoms with van der Waals surface area (Å²) >= 11 is 1.65. The third-order valence-corrected chi connectivity index (χ3v) is 3.94. The van der Waals surface area contributed by atoms with Crippen molar-refractivity contribution in [3.63, 3.8) is 0 Å². The molecule has 4 nitrogen and oxygen atoms in total. The zero-order chi connectivity index (χ0) is 12.7. The third kappa shape index (κ3) is 1.73. The zero-order valence-electron chi connectivity index (χ0n) is 9.86. The van der Waals surface area contributed by atoms with E-state index in [0.717, 1.165) is 26.9 Å². The summed E-state index contributed by atoms with van der Waals surface area (Å²) in [4.78, 5) is 2.18. The van der Waals surface area contributed by atoms with E-state index in [1.54, 1.807) is 24.9 Å². The molecule has 0 saturated heterocycles. The predicted molar refractivity (Wildman–Crippen MR) is 75.7 cm³/mol. The number of nitrogens with two attached hydrogens (primary N) is 2. The number of benzene rings is 2. The lowest BCUT2D eigenvalue weighted by Crippen LogP contribution is -2.04. The number of anilines is 4. The fraction of sp³-hybridized carbons (Fsp3) is 0.0769. The molecular formula is C13H13N3OS. The number of ether oxygens (including phenoxy) is 1. The van der Waals surface area contributed by atoms with E-state index in [9.17, 15) is 0 Å². The maximum atomic E-state index is 5.98. The van der Waals surface area contributed by atoms with Crippen LogP contribution in [0.5, 0.6) is 5.75 Å². The zero-order valence-corrected chi connectivity index (χ0v) is 10.7. The number of methoxy groups -OCH3 is 1. The number of rotatable bonds is 1. The first-order chi connectivity index (χ1) is 8.67. The molecule has 5 N–H and O–H groups in total. The highest BCUT2D eigenvalue weighted by Crippen LogP contribution is 2.48. The van der Waals surface area contributed by atoms with E-state index in [4.69, 9.17) is 16.2 Å². The van der Waals surface area contributed by atoms with Gasteiger partial charge in [-0.1, -0.05) is 11.8 Å². The summed E-state index contributed by atoms with van der Waals surface area (Å²) in [6, 6.07) is 9.61. The van der Waals surface area contributed by atoms with Crippen molar-refractivity contribution in [3.8, 4) is 5.75 Å². The molecule has 1 aliphatic rings. The van der Waals surface area contributed by atoms with Crippen LogP contribution in [0.2, 0.25) is 0 Å². The Morgan fingerprint density at radius 2 is 1.94 bits per heavy atom. The Bertz CT molecular complexity index is 628. The van der Waals surface area contributed by atoms with Crippen molar-refractivity contribution in [1.82, 2.24) is 0 Å². The molecule has 2 aromatic rings. The second-order valence-corrected chi connectivity index (χ2v) is 5.16. The molecule has 0 unspecified atom stereocenters. The van der Waals surface area contributed by atoms with Gasteiger partial charge < -0.3 is 21.5 Å². The average molecular weight is 259 g/mol. The third-order valence-electron chi connectivity index (χ3n) is 2.82. The van der Waals surface area contributed by atoms with Gasteiger partial charge >= 0.3 is 0 Å². The van der Waals surface area contributed by atoms with Crippen LogP contribution in [0.4, 0.5) is 22.7 Å². The average Bonchev–Trinajstić information content (AvgIpc) is 2.36. The topological polar surface area (TPSA) is 73.3 Å². The van der Waals surface area contributed by atoms with Gasteiger partial charge in [-0.25, -0.2) is 0 Å². The minimum Gasteiger partial charge on any atom is -0.497 e. The van der Waals surface area contributed by atoms with Crippen LogP contribution in [-0.4, -0.2) is 7.11 Å². The lowest BCUT2D eigenvalue weighted by molar-refractivity contribution is 0.414. The van der Waals surface area contributed by atoms with E-state index in [2.05, 4.69) is 5.32 Å². The summed E-state index contributed by atoms with van der Waals surface area (Å²) in [5.41, 5.74) is 15.0. The summed E-state index contributed by atoms with van der Waals surface area (Å²) in [5, 5.41) is 3.33. The van der Waals surface area contributed by atoms with E-state index in [-0.39, 0.29) is 0 Å². The molecule has 2 aromatic carbocycles. The Kier molecular flexibility index (Phi) is 2.48. The smallest absolute Gasteiger partial charge is 0.121 e. The maximum Gasteiger partial charge on any atom is 0.121 e. The molecule has 92 valence electrons. The van der Waals surface area contributed by atoms with Gasteiger partial charge in [-0.2, -0.15) is 0 Å². The predicted octanol–water partition coefficient (Wildman–Crippen LogP) is 3.07. The molecule has 0 saturated carbocycles. The van der Waals surface area contributed by atoms with Gasteiger partial charge in [0.1, 0.15) is 5.75 Å². The first-order valence-electron chi connectivity index (χ1n) is 5.49. The molecule has 0 radical (unpaired) electrons. The van der Waals surface area contributed by atoms with Gasteiger partial charge in [0.2, 0.25) is 0 Å². The Morgan fingerprint density at radius 3 is 2.72 bits per heavy atom. The van der Waals surface area contributed by atoms with Crippen LogP contribution in [0.25, 0.3) is 0 Å². The van der Waals surface area contributed by atoms with Crippen molar-refractivity contribution in [2.45, 2.75) is 9.79 Å². The van der Waals surface area contributed by atoms with Gasteiger partial charge in [0.05, 0.1) is 24.2 Å². The van der Waals surface area contributed by atoms with Crippen LogP contribution in [0.3, 0.4) is 0 Å². The van der Waals surface area contributed by atoms with Gasteiger partial charge in [-0.3, -0.25) is 0 Å². The van der Waals surface area contributed by atoms with Gasteiger partial charge in [0.15, 0.2) is 0 Å². The monoisotopic (exact) mass is 259 g/mol. The largest absolute Gasteiger partial charge is 0.497 e. The van der Waals surface area contributed by atoms with Crippen molar-refractivity contribution >= 4 is 34.5 Å². The molecule has 1 aliphatic heterocycles. The van der Waals surface area contributed by atoms with Crippen LogP contribution in [0, 0.1) is 0 Å². The van der Waals surface area contributed by atoms with Crippen LogP contribution in [0.1, 0.15) is 0 Å². The first-order valence-corrected chi connectivity index (χ1v) is 6.31. The molecule has 18 heavy (non-hydrogen) atoms. The molecule has 0 bridgehead atoms.